The molecule has 2 nitrogen and oxygen atoms in total. The largest absolute Gasteiger partial charge is 0.426 e. The Hall–Kier alpha value is -0.830. The molecule has 0 atom stereocenters. The molecule has 0 saturated carbocycles. The number of esters is 1. The van der Waals surface area contributed by atoms with Gasteiger partial charge in [-0.05, 0) is 12.5 Å². The van der Waals surface area contributed by atoms with E-state index in [1.807, 2.05) is 24.3 Å². The number of benzene rings is 1. The molecule has 0 aliphatic carbocycles. The number of unbranched alkanes of at least 4 members (excludes halogenated alkanes) is 1. The molecule has 15 heavy (non-hydrogen) atoms. The van der Waals surface area contributed by atoms with Crippen molar-refractivity contribution in [2.45, 2.75) is 31.5 Å². The smallest absolute Gasteiger partial charge is 0.311 e. The van der Waals surface area contributed by atoms with Crippen LogP contribution in [0.15, 0.2) is 24.3 Å². The first-order valence-corrected chi connectivity index (χ1v) is 6.24. The summed E-state index contributed by atoms with van der Waals surface area (Å²) in [5.74, 6) is 0.515. The van der Waals surface area contributed by atoms with Gasteiger partial charge in [0.2, 0.25) is 0 Å². The second kappa shape index (κ2) is 6.62. The number of carbonyl (C=O) groups is 1. The van der Waals surface area contributed by atoms with Gasteiger partial charge in [-0.1, -0.05) is 47.5 Å². The fourth-order valence-electron chi connectivity index (χ4n) is 1.21. The van der Waals surface area contributed by atoms with Crippen LogP contribution < -0.4 is 4.74 Å². The molecule has 0 amide bonds. The fourth-order valence-corrected chi connectivity index (χ4v) is 1.67. The Labute approximate surface area is 98.8 Å². The topological polar surface area (TPSA) is 26.3 Å². The van der Waals surface area contributed by atoms with Gasteiger partial charge in [0.05, 0.1) is 0 Å². The molecule has 1 aromatic carbocycles. The number of ether oxygens (including phenoxy) is 1. The number of rotatable bonds is 5. The Kier molecular flexibility index (Phi) is 5.40. The summed E-state index contributed by atoms with van der Waals surface area (Å²) < 4.78 is 5.27. The van der Waals surface area contributed by atoms with E-state index >= 15 is 0 Å². The van der Waals surface area contributed by atoms with E-state index in [1.165, 1.54) is 0 Å². The monoisotopic (exact) mass is 270 g/mol. The van der Waals surface area contributed by atoms with Gasteiger partial charge >= 0.3 is 5.97 Å². The summed E-state index contributed by atoms with van der Waals surface area (Å²) in [6.45, 7) is 2.06. The van der Waals surface area contributed by atoms with E-state index < -0.39 is 0 Å². The van der Waals surface area contributed by atoms with Gasteiger partial charge in [0, 0.05) is 17.3 Å². The molecule has 0 aliphatic heterocycles. The first kappa shape index (κ1) is 12.2. The van der Waals surface area contributed by atoms with Crippen LogP contribution in [0, 0.1) is 0 Å². The molecule has 0 bridgehead atoms. The van der Waals surface area contributed by atoms with E-state index in [0.29, 0.717) is 17.5 Å². The molecular weight excluding hydrogens is 256 g/mol. The van der Waals surface area contributed by atoms with Crippen molar-refractivity contribution in [3.05, 3.63) is 29.8 Å². The Morgan fingerprint density at radius 2 is 2.13 bits per heavy atom. The van der Waals surface area contributed by atoms with Crippen molar-refractivity contribution in [3.8, 4) is 5.75 Å². The highest BCUT2D eigenvalue weighted by atomic mass is 79.9. The van der Waals surface area contributed by atoms with Crippen LogP contribution in [0.4, 0.5) is 0 Å². The Morgan fingerprint density at radius 3 is 2.80 bits per heavy atom. The van der Waals surface area contributed by atoms with Crippen molar-refractivity contribution in [2.24, 2.45) is 0 Å². The van der Waals surface area contributed by atoms with Crippen molar-refractivity contribution < 1.29 is 9.53 Å². The number of hydrogen-bond acceptors (Lipinski definition) is 2. The lowest BCUT2D eigenvalue weighted by Crippen LogP contribution is -2.08. The van der Waals surface area contributed by atoms with Crippen LogP contribution in [-0.4, -0.2) is 5.97 Å². The predicted molar refractivity (Wildman–Crippen MR) is 64.2 cm³/mol. The molecule has 1 rings (SSSR count). The van der Waals surface area contributed by atoms with Gasteiger partial charge in [0.25, 0.3) is 0 Å². The molecule has 0 aromatic heterocycles. The zero-order valence-electron chi connectivity index (χ0n) is 8.83. The molecule has 0 saturated heterocycles. The minimum Gasteiger partial charge on any atom is -0.426 e. The van der Waals surface area contributed by atoms with Gasteiger partial charge in [0.15, 0.2) is 0 Å². The summed E-state index contributed by atoms with van der Waals surface area (Å²) in [6, 6.07) is 7.56. The van der Waals surface area contributed by atoms with Crippen molar-refractivity contribution >= 4 is 21.9 Å². The third-order valence-corrected chi connectivity index (χ3v) is 2.68. The molecular formula is C12H15BrO2. The molecule has 0 unspecified atom stereocenters. The fraction of sp³-hybridized carbons (Fsp3) is 0.417. The molecule has 0 aliphatic rings. The van der Waals surface area contributed by atoms with Crippen molar-refractivity contribution in [1.82, 2.24) is 0 Å². The first-order valence-electron chi connectivity index (χ1n) is 5.12. The maximum atomic E-state index is 11.4. The minimum absolute atomic E-state index is 0.148. The molecule has 0 N–H and O–H groups in total. The maximum absolute atomic E-state index is 11.4. The van der Waals surface area contributed by atoms with Crippen LogP contribution in [0.1, 0.15) is 31.7 Å². The zero-order valence-corrected chi connectivity index (χ0v) is 10.4. The predicted octanol–water partition coefficient (Wildman–Crippen LogP) is 3.68. The van der Waals surface area contributed by atoms with E-state index in [1.54, 1.807) is 0 Å². The average molecular weight is 271 g/mol. The van der Waals surface area contributed by atoms with Crippen molar-refractivity contribution in [2.75, 3.05) is 0 Å². The van der Waals surface area contributed by atoms with Crippen LogP contribution in [0.3, 0.4) is 0 Å². The second-order valence-corrected chi connectivity index (χ2v) is 3.88. The van der Waals surface area contributed by atoms with Gasteiger partial charge in [-0.2, -0.15) is 0 Å². The van der Waals surface area contributed by atoms with Crippen molar-refractivity contribution in [1.29, 1.82) is 0 Å². The van der Waals surface area contributed by atoms with E-state index in [4.69, 9.17) is 4.74 Å². The van der Waals surface area contributed by atoms with E-state index in [9.17, 15) is 4.79 Å². The van der Waals surface area contributed by atoms with Crippen LogP contribution in [-0.2, 0) is 10.1 Å². The second-order valence-electron chi connectivity index (χ2n) is 3.32. The number of carbonyl (C=O) groups excluding carboxylic acids is 1. The van der Waals surface area contributed by atoms with Crippen LogP contribution in [0.5, 0.6) is 5.75 Å². The lowest BCUT2D eigenvalue weighted by molar-refractivity contribution is -0.134. The lowest BCUT2D eigenvalue weighted by atomic mass is 10.2. The molecule has 3 heteroatoms. The van der Waals surface area contributed by atoms with Crippen LogP contribution in [0.2, 0.25) is 0 Å². The highest BCUT2D eigenvalue weighted by molar-refractivity contribution is 9.08. The Morgan fingerprint density at radius 1 is 1.40 bits per heavy atom. The van der Waals surface area contributed by atoms with Gasteiger partial charge in [-0.15, -0.1) is 0 Å². The first-order chi connectivity index (χ1) is 7.27. The zero-order chi connectivity index (χ0) is 11.1. The van der Waals surface area contributed by atoms with Gasteiger partial charge in [-0.25, -0.2) is 0 Å². The molecule has 0 fully saturated rings. The average Bonchev–Trinajstić information content (AvgIpc) is 2.27. The summed E-state index contributed by atoms with van der Waals surface area (Å²) in [5, 5.41) is 0.699. The molecule has 0 radical (unpaired) electrons. The minimum atomic E-state index is -0.148. The summed E-state index contributed by atoms with van der Waals surface area (Å²) in [6.07, 6.45) is 2.39. The molecule has 82 valence electrons. The third-order valence-electron chi connectivity index (χ3n) is 2.07. The van der Waals surface area contributed by atoms with Gasteiger partial charge < -0.3 is 4.74 Å². The normalized spacial score (nSPS) is 10.0. The highest BCUT2D eigenvalue weighted by Gasteiger charge is 2.07. The number of para-hydroxylation sites is 1. The standard InChI is InChI=1S/C12H15BrO2/c1-2-3-8-12(14)15-11-7-5-4-6-10(11)9-13/h4-7H,2-3,8-9H2,1H3. The van der Waals surface area contributed by atoms with Crippen LogP contribution >= 0.6 is 15.9 Å². The van der Waals surface area contributed by atoms with Gasteiger partial charge in [0.1, 0.15) is 5.75 Å². The van der Waals surface area contributed by atoms with E-state index in [0.717, 1.165) is 18.4 Å². The highest BCUT2D eigenvalue weighted by Crippen LogP contribution is 2.21. The maximum Gasteiger partial charge on any atom is 0.311 e. The Bertz CT molecular complexity index is 323. The Balaban J connectivity index is 2.59. The SMILES string of the molecule is CCCCC(=O)Oc1ccccc1CBr. The molecule has 0 spiro atoms. The molecule has 0 heterocycles. The number of hydrogen-bond donors (Lipinski definition) is 0. The summed E-state index contributed by atoms with van der Waals surface area (Å²) in [7, 11) is 0. The van der Waals surface area contributed by atoms with Crippen LogP contribution in [0.25, 0.3) is 0 Å². The van der Waals surface area contributed by atoms with E-state index in [-0.39, 0.29) is 5.97 Å². The number of halogens is 1. The summed E-state index contributed by atoms with van der Waals surface area (Å²) >= 11 is 3.36. The van der Waals surface area contributed by atoms with E-state index in [2.05, 4.69) is 22.9 Å². The lowest BCUT2D eigenvalue weighted by Gasteiger charge is -2.07. The quantitative estimate of drug-likeness (QED) is 0.464. The summed E-state index contributed by atoms with van der Waals surface area (Å²) in [4.78, 5) is 11.4. The van der Waals surface area contributed by atoms with Gasteiger partial charge in [-0.3, -0.25) is 4.79 Å². The number of alkyl halides is 1. The molecule has 1 aromatic rings. The summed E-state index contributed by atoms with van der Waals surface area (Å²) in [5.41, 5.74) is 1.00. The van der Waals surface area contributed by atoms with Crippen molar-refractivity contribution in [3.63, 3.8) is 0 Å². The third kappa shape index (κ3) is 4.04.